The summed E-state index contributed by atoms with van der Waals surface area (Å²) in [5.41, 5.74) is 0. The van der Waals surface area contributed by atoms with Crippen LogP contribution >= 0.6 is 22.6 Å². The fourth-order valence-corrected chi connectivity index (χ4v) is 1.81. The third kappa shape index (κ3) is 8.38. The molecule has 1 atom stereocenters. The van der Waals surface area contributed by atoms with Crippen molar-refractivity contribution in [2.75, 3.05) is 0 Å². The lowest BCUT2D eigenvalue weighted by atomic mass is 10.1. The van der Waals surface area contributed by atoms with Crippen molar-refractivity contribution in [2.45, 2.75) is 49.9 Å². The molecule has 0 fully saturated rings. The van der Waals surface area contributed by atoms with Crippen LogP contribution in [0.25, 0.3) is 0 Å². The van der Waals surface area contributed by atoms with E-state index in [1.165, 1.54) is 32.1 Å². The molecule has 0 amide bonds. The number of halogens is 1. The summed E-state index contributed by atoms with van der Waals surface area (Å²) in [6, 6.07) is 0. The van der Waals surface area contributed by atoms with Gasteiger partial charge in [0.15, 0.2) is 0 Å². The first kappa shape index (κ1) is 11.5. The molecular formula is C10H19I. The summed E-state index contributed by atoms with van der Waals surface area (Å²) in [6.45, 7) is 4.35. The summed E-state index contributed by atoms with van der Waals surface area (Å²) >= 11 is 2.57. The molecule has 0 spiro atoms. The molecule has 0 aliphatic rings. The zero-order valence-electron chi connectivity index (χ0n) is 7.65. The fraction of sp³-hybridized carbons (Fsp3) is 0.800. The Morgan fingerprint density at radius 1 is 1.36 bits per heavy atom. The van der Waals surface area contributed by atoms with Crippen LogP contribution in [0.1, 0.15) is 46.0 Å². The maximum Gasteiger partial charge on any atom is 0.0113 e. The molecular weight excluding hydrogens is 247 g/mol. The van der Waals surface area contributed by atoms with Gasteiger partial charge in [0.05, 0.1) is 0 Å². The normalized spacial score (nSPS) is 14.1. The van der Waals surface area contributed by atoms with E-state index in [9.17, 15) is 0 Å². The lowest BCUT2D eigenvalue weighted by Gasteiger charge is -2.05. The summed E-state index contributed by atoms with van der Waals surface area (Å²) in [4.78, 5) is 0. The molecule has 0 saturated heterocycles. The molecule has 0 aliphatic carbocycles. The van der Waals surface area contributed by atoms with Crippen LogP contribution in [0.2, 0.25) is 0 Å². The molecule has 0 aromatic carbocycles. The zero-order valence-corrected chi connectivity index (χ0v) is 9.80. The Hall–Kier alpha value is 0.470. The monoisotopic (exact) mass is 266 g/mol. The second kappa shape index (κ2) is 8.57. The van der Waals surface area contributed by atoms with E-state index in [0.29, 0.717) is 0 Å². The predicted octanol–water partition coefficient (Wildman–Crippen LogP) is 4.34. The van der Waals surface area contributed by atoms with Crippen molar-refractivity contribution in [2.24, 2.45) is 0 Å². The maximum absolute atomic E-state index is 2.57. The number of alkyl halides is 1. The summed E-state index contributed by atoms with van der Waals surface area (Å²) in [6.07, 6.45) is 11.1. The van der Waals surface area contributed by atoms with Crippen molar-refractivity contribution in [3.63, 3.8) is 0 Å². The van der Waals surface area contributed by atoms with Gasteiger partial charge in [0.2, 0.25) is 0 Å². The minimum Gasteiger partial charge on any atom is -0.0917 e. The second-order valence-electron chi connectivity index (χ2n) is 2.89. The third-order valence-electron chi connectivity index (χ3n) is 1.75. The quantitative estimate of drug-likeness (QED) is 0.381. The van der Waals surface area contributed by atoms with Crippen LogP contribution in [0.5, 0.6) is 0 Å². The number of hydrogen-bond acceptors (Lipinski definition) is 0. The van der Waals surface area contributed by atoms with Crippen LogP contribution in [0, 0.1) is 0 Å². The average molecular weight is 266 g/mol. The van der Waals surface area contributed by atoms with Gasteiger partial charge in [-0.15, -0.1) is 0 Å². The highest BCUT2D eigenvalue weighted by Gasteiger charge is 2.00. The summed E-state index contributed by atoms with van der Waals surface area (Å²) in [5.74, 6) is 0. The Balaban J connectivity index is 3.15. The van der Waals surface area contributed by atoms with Crippen molar-refractivity contribution in [3.05, 3.63) is 12.2 Å². The average Bonchev–Trinajstić information content (AvgIpc) is 2.01. The van der Waals surface area contributed by atoms with E-state index in [0.717, 1.165) is 3.92 Å². The van der Waals surface area contributed by atoms with Gasteiger partial charge in [-0.05, 0) is 26.2 Å². The minimum absolute atomic E-state index is 0.892. The summed E-state index contributed by atoms with van der Waals surface area (Å²) in [7, 11) is 0. The molecule has 0 rings (SSSR count). The molecule has 0 nitrogen and oxygen atoms in total. The number of rotatable bonds is 6. The van der Waals surface area contributed by atoms with E-state index in [4.69, 9.17) is 0 Å². The molecule has 0 N–H and O–H groups in total. The smallest absolute Gasteiger partial charge is 0.0113 e. The van der Waals surface area contributed by atoms with Gasteiger partial charge < -0.3 is 0 Å². The molecule has 1 heteroatoms. The SMILES string of the molecule is C/C=C\CC[C@@H](I)CCCC. The Kier molecular flexibility index (Phi) is 8.93. The molecule has 0 unspecified atom stereocenters. The van der Waals surface area contributed by atoms with Crippen LogP contribution in [0.3, 0.4) is 0 Å². The third-order valence-corrected chi connectivity index (χ3v) is 3.00. The Morgan fingerprint density at radius 3 is 2.64 bits per heavy atom. The van der Waals surface area contributed by atoms with E-state index in [2.05, 4.69) is 48.6 Å². The Bertz CT molecular complexity index is 97.0. The molecule has 0 radical (unpaired) electrons. The van der Waals surface area contributed by atoms with Crippen LogP contribution < -0.4 is 0 Å². The molecule has 0 aliphatic heterocycles. The van der Waals surface area contributed by atoms with Gasteiger partial charge in [-0.3, -0.25) is 0 Å². The van der Waals surface area contributed by atoms with Crippen molar-refractivity contribution >= 4 is 22.6 Å². The number of allylic oxidation sites excluding steroid dienone is 2. The molecule has 0 bridgehead atoms. The van der Waals surface area contributed by atoms with E-state index in [-0.39, 0.29) is 0 Å². The van der Waals surface area contributed by atoms with E-state index >= 15 is 0 Å². The lowest BCUT2D eigenvalue weighted by Crippen LogP contribution is -1.95. The highest BCUT2D eigenvalue weighted by Crippen LogP contribution is 2.16. The molecule has 0 saturated carbocycles. The highest BCUT2D eigenvalue weighted by molar-refractivity contribution is 14.1. The van der Waals surface area contributed by atoms with Crippen molar-refractivity contribution in [1.82, 2.24) is 0 Å². The van der Waals surface area contributed by atoms with Crippen LogP contribution in [-0.2, 0) is 0 Å². The van der Waals surface area contributed by atoms with Gasteiger partial charge in [0, 0.05) is 3.92 Å². The van der Waals surface area contributed by atoms with Gasteiger partial charge in [-0.1, -0.05) is 54.5 Å². The van der Waals surface area contributed by atoms with E-state index < -0.39 is 0 Å². The fourth-order valence-electron chi connectivity index (χ4n) is 1.01. The van der Waals surface area contributed by atoms with Gasteiger partial charge in [0.25, 0.3) is 0 Å². The Labute approximate surface area is 84.6 Å². The molecule has 0 aromatic heterocycles. The topological polar surface area (TPSA) is 0 Å². The lowest BCUT2D eigenvalue weighted by molar-refractivity contribution is 0.668. The van der Waals surface area contributed by atoms with Crippen molar-refractivity contribution < 1.29 is 0 Å². The summed E-state index contributed by atoms with van der Waals surface area (Å²) in [5, 5.41) is 0. The number of hydrogen-bond donors (Lipinski definition) is 0. The zero-order chi connectivity index (χ0) is 8.53. The molecule has 0 heterocycles. The minimum atomic E-state index is 0.892. The van der Waals surface area contributed by atoms with Crippen molar-refractivity contribution in [1.29, 1.82) is 0 Å². The highest BCUT2D eigenvalue weighted by atomic mass is 127. The first-order valence-electron chi connectivity index (χ1n) is 4.56. The van der Waals surface area contributed by atoms with E-state index in [1.54, 1.807) is 0 Å². The van der Waals surface area contributed by atoms with Crippen LogP contribution in [-0.4, -0.2) is 3.92 Å². The van der Waals surface area contributed by atoms with Crippen LogP contribution in [0.4, 0.5) is 0 Å². The first-order chi connectivity index (χ1) is 5.31. The number of unbranched alkanes of at least 4 members (excludes halogenated alkanes) is 1. The Morgan fingerprint density at radius 2 is 2.09 bits per heavy atom. The molecule has 11 heavy (non-hydrogen) atoms. The summed E-state index contributed by atoms with van der Waals surface area (Å²) < 4.78 is 0.892. The van der Waals surface area contributed by atoms with E-state index in [1.807, 2.05) is 0 Å². The van der Waals surface area contributed by atoms with Gasteiger partial charge in [-0.25, -0.2) is 0 Å². The standard InChI is InChI=1S/C10H19I/c1-3-5-7-9-10(11)8-6-4-2/h3,5,10H,4,6-9H2,1-2H3/b5-3-/t10-/m0/s1. The molecule has 0 aromatic rings. The predicted molar refractivity (Wildman–Crippen MR) is 61.4 cm³/mol. The van der Waals surface area contributed by atoms with Gasteiger partial charge in [-0.2, -0.15) is 0 Å². The maximum atomic E-state index is 2.57. The van der Waals surface area contributed by atoms with Gasteiger partial charge in [0.1, 0.15) is 0 Å². The largest absolute Gasteiger partial charge is 0.0917 e. The van der Waals surface area contributed by atoms with Gasteiger partial charge >= 0.3 is 0 Å². The first-order valence-corrected chi connectivity index (χ1v) is 5.81. The molecule has 66 valence electrons. The van der Waals surface area contributed by atoms with Crippen LogP contribution in [0.15, 0.2) is 12.2 Å². The van der Waals surface area contributed by atoms with Crippen molar-refractivity contribution in [3.8, 4) is 0 Å². The second-order valence-corrected chi connectivity index (χ2v) is 4.65.